The molecule has 1 saturated carbocycles. The van der Waals surface area contributed by atoms with Gasteiger partial charge in [0, 0.05) is 12.3 Å². The first-order valence-corrected chi connectivity index (χ1v) is 6.03. The van der Waals surface area contributed by atoms with Gasteiger partial charge in [0.1, 0.15) is 5.78 Å². The summed E-state index contributed by atoms with van der Waals surface area (Å²) >= 11 is 0. The van der Waals surface area contributed by atoms with Crippen LogP contribution in [0.3, 0.4) is 0 Å². The molecule has 0 aliphatic heterocycles. The van der Waals surface area contributed by atoms with Gasteiger partial charge in [-0.25, -0.2) is 0 Å². The lowest BCUT2D eigenvalue weighted by Gasteiger charge is -2.40. The Balaban J connectivity index is 2.63. The maximum atomic E-state index is 12.0. The number of rotatable bonds is 3. The van der Waals surface area contributed by atoms with Gasteiger partial charge in [0.05, 0.1) is 6.10 Å². The van der Waals surface area contributed by atoms with Crippen molar-refractivity contribution in [1.82, 2.24) is 0 Å². The molecule has 88 valence electrons. The summed E-state index contributed by atoms with van der Waals surface area (Å²) in [5.74, 6) is 1.08. The second kappa shape index (κ2) is 4.65. The van der Waals surface area contributed by atoms with E-state index in [0.717, 1.165) is 25.7 Å². The predicted octanol–water partition coefficient (Wildman–Crippen LogP) is 2.79. The monoisotopic (exact) mass is 212 g/mol. The van der Waals surface area contributed by atoms with E-state index in [2.05, 4.69) is 20.8 Å². The van der Waals surface area contributed by atoms with Crippen molar-refractivity contribution >= 4 is 5.78 Å². The molecular formula is C13H24O2. The van der Waals surface area contributed by atoms with E-state index < -0.39 is 0 Å². The van der Waals surface area contributed by atoms with Crippen LogP contribution in [0.1, 0.15) is 53.4 Å². The number of hydrogen-bond acceptors (Lipinski definition) is 2. The van der Waals surface area contributed by atoms with Gasteiger partial charge >= 0.3 is 0 Å². The molecule has 0 heterocycles. The van der Waals surface area contributed by atoms with Crippen molar-refractivity contribution in [3.8, 4) is 0 Å². The Kier molecular flexibility index (Phi) is 3.93. The Bertz CT molecular complexity index is 231. The van der Waals surface area contributed by atoms with Crippen molar-refractivity contribution in [2.24, 2.45) is 17.3 Å². The summed E-state index contributed by atoms with van der Waals surface area (Å²) in [5, 5.41) is 9.28. The van der Waals surface area contributed by atoms with Gasteiger partial charge in [-0.2, -0.15) is 0 Å². The van der Waals surface area contributed by atoms with Crippen molar-refractivity contribution in [1.29, 1.82) is 0 Å². The van der Waals surface area contributed by atoms with Crippen LogP contribution < -0.4 is 0 Å². The Morgan fingerprint density at radius 2 is 2.13 bits per heavy atom. The number of carbonyl (C=O) groups is 1. The Labute approximate surface area is 93.1 Å². The largest absolute Gasteiger partial charge is 0.393 e. The average Bonchev–Trinajstić information content (AvgIpc) is 1.98. The molecule has 3 unspecified atom stereocenters. The maximum Gasteiger partial charge on any atom is 0.136 e. The van der Waals surface area contributed by atoms with E-state index in [4.69, 9.17) is 0 Å². The molecule has 0 aromatic carbocycles. The molecule has 15 heavy (non-hydrogen) atoms. The highest BCUT2D eigenvalue weighted by atomic mass is 16.3. The molecular weight excluding hydrogens is 188 g/mol. The summed E-state index contributed by atoms with van der Waals surface area (Å²) < 4.78 is 0. The Hall–Kier alpha value is -0.370. The molecule has 1 aliphatic carbocycles. The van der Waals surface area contributed by atoms with Crippen LogP contribution in [0.2, 0.25) is 0 Å². The third kappa shape index (κ3) is 3.30. The highest BCUT2D eigenvalue weighted by Crippen LogP contribution is 2.43. The van der Waals surface area contributed by atoms with Crippen LogP contribution in [-0.4, -0.2) is 17.0 Å². The number of aliphatic hydroxyl groups is 1. The highest BCUT2D eigenvalue weighted by Gasteiger charge is 2.40. The molecule has 1 rings (SSSR count). The third-order valence-corrected chi connectivity index (χ3v) is 3.63. The summed E-state index contributed by atoms with van der Waals surface area (Å²) in [7, 11) is 0. The molecule has 0 aromatic rings. The normalized spacial score (nSPS) is 32.7. The Morgan fingerprint density at radius 3 is 2.60 bits per heavy atom. The van der Waals surface area contributed by atoms with Crippen LogP contribution in [0, 0.1) is 17.3 Å². The van der Waals surface area contributed by atoms with E-state index in [1.165, 1.54) is 0 Å². The Morgan fingerprint density at radius 1 is 1.53 bits per heavy atom. The molecule has 2 nitrogen and oxygen atoms in total. The fourth-order valence-corrected chi connectivity index (χ4v) is 2.99. The molecule has 1 fully saturated rings. The number of carbonyl (C=O) groups excluding carboxylic acids is 1. The average molecular weight is 212 g/mol. The van der Waals surface area contributed by atoms with E-state index in [1.807, 2.05) is 0 Å². The van der Waals surface area contributed by atoms with Gasteiger partial charge in [-0.1, -0.05) is 20.8 Å². The molecule has 0 aromatic heterocycles. The van der Waals surface area contributed by atoms with Gasteiger partial charge in [0.25, 0.3) is 0 Å². The first-order valence-electron chi connectivity index (χ1n) is 6.03. The van der Waals surface area contributed by atoms with Crippen molar-refractivity contribution in [3.05, 3.63) is 0 Å². The molecule has 0 bridgehead atoms. The van der Waals surface area contributed by atoms with E-state index in [-0.39, 0.29) is 17.4 Å². The molecule has 2 heteroatoms. The summed E-state index contributed by atoms with van der Waals surface area (Å²) in [6.07, 6.45) is 3.16. The van der Waals surface area contributed by atoms with Gasteiger partial charge in [0.15, 0.2) is 0 Å². The molecule has 0 amide bonds. The lowest BCUT2D eigenvalue weighted by molar-refractivity contribution is -0.132. The van der Waals surface area contributed by atoms with Crippen LogP contribution in [0.15, 0.2) is 0 Å². The van der Waals surface area contributed by atoms with E-state index in [1.54, 1.807) is 6.92 Å². The molecule has 1 N–H and O–H groups in total. The minimum Gasteiger partial charge on any atom is -0.393 e. The van der Waals surface area contributed by atoms with E-state index in [9.17, 15) is 9.90 Å². The smallest absolute Gasteiger partial charge is 0.136 e. The van der Waals surface area contributed by atoms with E-state index >= 15 is 0 Å². The van der Waals surface area contributed by atoms with Crippen LogP contribution in [-0.2, 0) is 4.79 Å². The number of hydrogen-bond donors (Lipinski definition) is 1. The second-order valence-corrected chi connectivity index (χ2v) is 5.95. The summed E-state index contributed by atoms with van der Waals surface area (Å²) in [6.45, 7) is 8.33. The topological polar surface area (TPSA) is 37.3 Å². The molecule has 1 aliphatic rings. The quantitative estimate of drug-likeness (QED) is 0.781. The minimum absolute atomic E-state index is 0.115. The zero-order valence-electron chi connectivity index (χ0n) is 10.4. The van der Waals surface area contributed by atoms with Crippen LogP contribution in [0.5, 0.6) is 0 Å². The molecule has 0 spiro atoms. The van der Waals surface area contributed by atoms with E-state index in [0.29, 0.717) is 11.7 Å². The predicted molar refractivity (Wildman–Crippen MR) is 61.6 cm³/mol. The maximum absolute atomic E-state index is 12.0. The van der Waals surface area contributed by atoms with Gasteiger partial charge in [-0.15, -0.1) is 0 Å². The number of aliphatic hydroxyl groups excluding tert-OH is 1. The van der Waals surface area contributed by atoms with Gasteiger partial charge < -0.3 is 5.11 Å². The fourth-order valence-electron chi connectivity index (χ4n) is 2.99. The van der Waals surface area contributed by atoms with Crippen molar-refractivity contribution in [2.75, 3.05) is 0 Å². The van der Waals surface area contributed by atoms with Crippen molar-refractivity contribution < 1.29 is 9.90 Å². The molecule has 3 atom stereocenters. The SMILES string of the molecule is CC(O)CCC1C(=O)CC(C)CC1(C)C. The second-order valence-electron chi connectivity index (χ2n) is 5.95. The van der Waals surface area contributed by atoms with Crippen molar-refractivity contribution in [3.63, 3.8) is 0 Å². The third-order valence-electron chi connectivity index (χ3n) is 3.63. The van der Waals surface area contributed by atoms with Crippen LogP contribution in [0.25, 0.3) is 0 Å². The van der Waals surface area contributed by atoms with Gasteiger partial charge in [-0.3, -0.25) is 4.79 Å². The first-order chi connectivity index (χ1) is 6.83. The van der Waals surface area contributed by atoms with Crippen LogP contribution in [0.4, 0.5) is 0 Å². The summed E-state index contributed by atoms with van der Waals surface area (Å²) in [4.78, 5) is 12.0. The highest BCUT2D eigenvalue weighted by molar-refractivity contribution is 5.82. The summed E-state index contributed by atoms with van der Waals surface area (Å²) in [6, 6.07) is 0. The minimum atomic E-state index is -0.284. The number of ketones is 1. The first kappa shape index (κ1) is 12.7. The molecule has 0 radical (unpaired) electrons. The number of Topliss-reactive ketones (excluding diaryl/α,β-unsaturated/α-hetero) is 1. The van der Waals surface area contributed by atoms with Crippen molar-refractivity contribution in [2.45, 2.75) is 59.5 Å². The lowest BCUT2D eigenvalue weighted by atomic mass is 9.63. The zero-order chi connectivity index (χ0) is 11.6. The molecule has 0 saturated heterocycles. The fraction of sp³-hybridized carbons (Fsp3) is 0.923. The van der Waals surface area contributed by atoms with Gasteiger partial charge in [-0.05, 0) is 37.5 Å². The summed E-state index contributed by atoms with van der Waals surface area (Å²) in [5.41, 5.74) is 0.115. The zero-order valence-corrected chi connectivity index (χ0v) is 10.4. The van der Waals surface area contributed by atoms with Crippen LogP contribution >= 0.6 is 0 Å². The lowest BCUT2D eigenvalue weighted by Crippen LogP contribution is -2.38. The standard InChI is InChI=1S/C13H24O2/c1-9-7-12(15)11(6-5-10(2)14)13(3,4)8-9/h9-11,14H,5-8H2,1-4H3. The van der Waals surface area contributed by atoms with Gasteiger partial charge in [0.2, 0.25) is 0 Å².